The summed E-state index contributed by atoms with van der Waals surface area (Å²) >= 11 is 1.54. The summed E-state index contributed by atoms with van der Waals surface area (Å²) < 4.78 is 24.9. The number of pyridine rings is 1. The second kappa shape index (κ2) is 6.58. The molecule has 0 saturated carbocycles. The van der Waals surface area contributed by atoms with Crippen molar-refractivity contribution in [3.05, 3.63) is 53.5 Å². The maximum atomic E-state index is 11.3. The Bertz CT molecular complexity index is 936. The minimum absolute atomic E-state index is 0.529. The highest BCUT2D eigenvalue weighted by molar-refractivity contribution is 7.92. The molecule has 8 heteroatoms. The van der Waals surface area contributed by atoms with Crippen molar-refractivity contribution in [2.45, 2.75) is 6.92 Å². The Labute approximate surface area is 144 Å². The van der Waals surface area contributed by atoms with Gasteiger partial charge >= 0.3 is 0 Å². The fraction of sp³-hybridized carbons (Fsp3) is 0.125. The average molecular weight is 360 g/mol. The van der Waals surface area contributed by atoms with Gasteiger partial charge in [0.1, 0.15) is 5.82 Å². The van der Waals surface area contributed by atoms with Crippen LogP contribution < -0.4 is 10.0 Å². The maximum Gasteiger partial charge on any atom is 0.229 e. The Morgan fingerprint density at radius 1 is 1.08 bits per heavy atom. The standard InChI is InChI=1S/C16H16N4O2S2/c1-11-15(12-6-8-13(9-7-12)20-24(2,21)22)19-16(23-11)18-14-5-3-4-10-17-14/h3-10,20H,1-2H3,(H,17,18,19). The minimum Gasteiger partial charge on any atom is -0.316 e. The van der Waals surface area contributed by atoms with Crippen LogP contribution in [-0.4, -0.2) is 24.6 Å². The van der Waals surface area contributed by atoms with Crippen LogP contribution in [0.2, 0.25) is 0 Å². The van der Waals surface area contributed by atoms with Gasteiger partial charge in [-0.2, -0.15) is 0 Å². The Hall–Kier alpha value is -2.45. The molecule has 124 valence electrons. The molecule has 0 radical (unpaired) electrons. The molecule has 2 heterocycles. The molecule has 0 aliphatic rings. The number of sulfonamides is 1. The molecule has 0 amide bonds. The molecule has 0 spiro atoms. The molecule has 0 bridgehead atoms. The van der Waals surface area contributed by atoms with Gasteiger partial charge in [-0.05, 0) is 31.2 Å². The van der Waals surface area contributed by atoms with E-state index >= 15 is 0 Å². The van der Waals surface area contributed by atoms with Crippen LogP contribution in [-0.2, 0) is 10.0 Å². The van der Waals surface area contributed by atoms with Crippen molar-refractivity contribution in [3.63, 3.8) is 0 Å². The van der Waals surface area contributed by atoms with E-state index in [0.717, 1.165) is 33.3 Å². The molecule has 0 fully saturated rings. The van der Waals surface area contributed by atoms with E-state index in [1.165, 1.54) is 0 Å². The van der Waals surface area contributed by atoms with Crippen LogP contribution in [0.25, 0.3) is 11.3 Å². The van der Waals surface area contributed by atoms with Crippen LogP contribution in [0, 0.1) is 6.92 Å². The summed E-state index contributed by atoms with van der Waals surface area (Å²) in [6.07, 6.45) is 2.85. The number of aromatic nitrogens is 2. The van der Waals surface area contributed by atoms with Crippen molar-refractivity contribution in [1.29, 1.82) is 0 Å². The Kier molecular flexibility index (Phi) is 4.50. The number of rotatable bonds is 5. The number of anilines is 3. The zero-order chi connectivity index (χ0) is 17.2. The number of hydrogen-bond donors (Lipinski definition) is 2. The van der Waals surface area contributed by atoms with Crippen molar-refractivity contribution in [2.75, 3.05) is 16.3 Å². The summed E-state index contributed by atoms with van der Waals surface area (Å²) in [4.78, 5) is 9.90. The van der Waals surface area contributed by atoms with Crippen molar-refractivity contribution in [1.82, 2.24) is 9.97 Å². The van der Waals surface area contributed by atoms with Crippen LogP contribution in [0.15, 0.2) is 48.7 Å². The molecular formula is C16H16N4O2S2. The lowest BCUT2D eigenvalue weighted by atomic mass is 10.1. The van der Waals surface area contributed by atoms with Crippen LogP contribution in [0.4, 0.5) is 16.6 Å². The number of thiazole rings is 1. The van der Waals surface area contributed by atoms with Crippen LogP contribution >= 0.6 is 11.3 Å². The molecule has 0 saturated heterocycles. The minimum atomic E-state index is -3.27. The average Bonchev–Trinajstić information content (AvgIpc) is 2.88. The first kappa shape index (κ1) is 16.4. The maximum absolute atomic E-state index is 11.3. The molecular weight excluding hydrogens is 344 g/mol. The van der Waals surface area contributed by atoms with Crippen molar-refractivity contribution in [3.8, 4) is 11.3 Å². The molecule has 0 unspecified atom stereocenters. The zero-order valence-electron chi connectivity index (χ0n) is 13.1. The van der Waals surface area contributed by atoms with Gasteiger partial charge in [0, 0.05) is 22.3 Å². The predicted octanol–water partition coefficient (Wildman–Crippen LogP) is 3.63. The Balaban J connectivity index is 1.82. The zero-order valence-corrected chi connectivity index (χ0v) is 14.8. The Morgan fingerprint density at radius 2 is 1.83 bits per heavy atom. The van der Waals surface area contributed by atoms with E-state index in [2.05, 4.69) is 20.0 Å². The van der Waals surface area contributed by atoms with Gasteiger partial charge in [0.2, 0.25) is 10.0 Å². The summed E-state index contributed by atoms with van der Waals surface area (Å²) in [6.45, 7) is 2.00. The fourth-order valence-corrected chi connectivity index (χ4v) is 3.58. The van der Waals surface area contributed by atoms with Crippen LogP contribution in [0.5, 0.6) is 0 Å². The second-order valence-corrected chi connectivity index (χ2v) is 8.17. The van der Waals surface area contributed by atoms with E-state index in [1.807, 2.05) is 37.3 Å². The molecule has 3 aromatic rings. The van der Waals surface area contributed by atoms with E-state index in [9.17, 15) is 8.42 Å². The molecule has 0 aliphatic heterocycles. The second-order valence-electron chi connectivity index (χ2n) is 5.22. The van der Waals surface area contributed by atoms with Gasteiger partial charge in [0.25, 0.3) is 0 Å². The molecule has 3 rings (SSSR count). The van der Waals surface area contributed by atoms with Crippen molar-refractivity contribution >= 4 is 38.0 Å². The third-order valence-electron chi connectivity index (χ3n) is 3.16. The molecule has 2 N–H and O–H groups in total. The normalized spacial score (nSPS) is 11.2. The number of aryl methyl sites for hydroxylation is 1. The molecule has 6 nitrogen and oxygen atoms in total. The highest BCUT2D eigenvalue weighted by Crippen LogP contribution is 2.32. The number of nitrogens with one attached hydrogen (secondary N) is 2. The van der Waals surface area contributed by atoms with E-state index < -0.39 is 10.0 Å². The van der Waals surface area contributed by atoms with E-state index in [4.69, 9.17) is 0 Å². The summed E-state index contributed by atoms with van der Waals surface area (Å²) in [6, 6.07) is 12.8. The predicted molar refractivity (Wildman–Crippen MR) is 98.3 cm³/mol. The lowest BCUT2D eigenvalue weighted by Crippen LogP contribution is -2.09. The molecule has 2 aromatic heterocycles. The molecule has 0 atom stereocenters. The summed E-state index contributed by atoms with van der Waals surface area (Å²) in [5.41, 5.74) is 2.32. The largest absolute Gasteiger partial charge is 0.316 e. The first-order valence-electron chi connectivity index (χ1n) is 7.14. The van der Waals surface area contributed by atoms with E-state index in [-0.39, 0.29) is 0 Å². The van der Waals surface area contributed by atoms with Gasteiger partial charge in [0.05, 0.1) is 11.9 Å². The van der Waals surface area contributed by atoms with Gasteiger partial charge < -0.3 is 5.32 Å². The van der Waals surface area contributed by atoms with Gasteiger partial charge in [-0.15, -0.1) is 11.3 Å². The van der Waals surface area contributed by atoms with Crippen molar-refractivity contribution < 1.29 is 8.42 Å². The molecule has 1 aromatic carbocycles. The lowest BCUT2D eigenvalue weighted by Gasteiger charge is -2.05. The first-order valence-corrected chi connectivity index (χ1v) is 9.85. The third kappa shape index (κ3) is 4.09. The smallest absolute Gasteiger partial charge is 0.229 e. The SMILES string of the molecule is Cc1sc(Nc2ccccn2)nc1-c1ccc(NS(C)(=O)=O)cc1. The number of hydrogen-bond acceptors (Lipinski definition) is 6. The van der Waals surface area contributed by atoms with Gasteiger partial charge in [0.15, 0.2) is 5.13 Å². The summed E-state index contributed by atoms with van der Waals surface area (Å²) in [7, 11) is -3.27. The molecule has 24 heavy (non-hydrogen) atoms. The first-order chi connectivity index (χ1) is 11.4. The van der Waals surface area contributed by atoms with Gasteiger partial charge in [-0.25, -0.2) is 18.4 Å². The van der Waals surface area contributed by atoms with Crippen LogP contribution in [0.1, 0.15) is 4.88 Å². The van der Waals surface area contributed by atoms with Gasteiger partial charge in [-0.3, -0.25) is 4.72 Å². The highest BCUT2D eigenvalue weighted by atomic mass is 32.2. The summed E-state index contributed by atoms with van der Waals surface area (Å²) in [5, 5.41) is 3.95. The summed E-state index contributed by atoms with van der Waals surface area (Å²) in [5.74, 6) is 0.741. The van der Waals surface area contributed by atoms with Gasteiger partial charge in [-0.1, -0.05) is 18.2 Å². The lowest BCUT2D eigenvalue weighted by molar-refractivity contribution is 0.607. The molecule has 0 aliphatic carbocycles. The van der Waals surface area contributed by atoms with Crippen molar-refractivity contribution in [2.24, 2.45) is 0 Å². The highest BCUT2D eigenvalue weighted by Gasteiger charge is 2.11. The number of nitrogens with zero attached hydrogens (tertiary/aromatic N) is 2. The fourth-order valence-electron chi connectivity index (χ4n) is 2.17. The topological polar surface area (TPSA) is 84.0 Å². The number of benzene rings is 1. The quantitative estimate of drug-likeness (QED) is 0.726. The van der Waals surface area contributed by atoms with E-state index in [1.54, 1.807) is 29.7 Å². The van der Waals surface area contributed by atoms with E-state index in [0.29, 0.717) is 5.69 Å². The third-order valence-corrected chi connectivity index (χ3v) is 4.65. The monoisotopic (exact) mass is 360 g/mol. The Morgan fingerprint density at radius 3 is 2.46 bits per heavy atom. The van der Waals surface area contributed by atoms with Crippen LogP contribution in [0.3, 0.4) is 0 Å².